The van der Waals surface area contributed by atoms with E-state index in [-0.39, 0.29) is 33.1 Å². The van der Waals surface area contributed by atoms with Crippen molar-refractivity contribution in [1.29, 1.82) is 0 Å². The van der Waals surface area contributed by atoms with Crippen molar-refractivity contribution in [1.82, 2.24) is 0 Å². The Balaban J connectivity index is 2.52. The molecule has 0 saturated heterocycles. The number of carbonyl (C=O) groups excluding carboxylic acids is 2. The van der Waals surface area contributed by atoms with E-state index >= 15 is 0 Å². The molecule has 0 amide bonds. The van der Waals surface area contributed by atoms with Crippen LogP contribution in [0.1, 0.15) is 20.7 Å². The third kappa shape index (κ3) is 2.34. The molecule has 0 spiro atoms. The lowest BCUT2D eigenvalue weighted by molar-refractivity contribution is 0.0593. The van der Waals surface area contributed by atoms with Crippen LogP contribution in [-0.2, 0) is 9.47 Å². The van der Waals surface area contributed by atoms with E-state index in [1.165, 1.54) is 26.4 Å². The topological polar surface area (TPSA) is 113 Å². The highest BCUT2D eigenvalue weighted by atomic mass is 16.5. The first-order valence-electron chi connectivity index (χ1n) is 6.67. The number of benzene rings is 1. The highest BCUT2D eigenvalue weighted by molar-refractivity contribution is 6.13. The molecule has 2 heterocycles. The Labute approximate surface area is 133 Å². The third-order valence-electron chi connectivity index (χ3n) is 3.43. The molecule has 0 radical (unpaired) electrons. The largest absolute Gasteiger partial charge is 0.465 e. The van der Waals surface area contributed by atoms with Gasteiger partial charge in [-0.2, -0.15) is 0 Å². The minimum absolute atomic E-state index is 0.0447. The maximum atomic E-state index is 11.8. The fourth-order valence-electron chi connectivity index (χ4n) is 2.40. The smallest absolute Gasteiger partial charge is 0.338 e. The molecule has 0 unspecified atom stereocenters. The van der Waals surface area contributed by atoms with Crippen molar-refractivity contribution in [3.8, 4) is 0 Å². The van der Waals surface area contributed by atoms with Crippen molar-refractivity contribution < 1.29 is 27.9 Å². The summed E-state index contributed by atoms with van der Waals surface area (Å²) < 4.78 is 19.4. The van der Waals surface area contributed by atoms with Crippen LogP contribution in [0, 0.1) is 0 Å². The van der Waals surface area contributed by atoms with Gasteiger partial charge in [0.15, 0.2) is 11.2 Å². The molecule has 0 aliphatic carbocycles. The monoisotopic (exact) mass is 330 g/mol. The second kappa shape index (κ2) is 5.65. The van der Waals surface area contributed by atoms with E-state index in [4.69, 9.17) is 8.83 Å². The molecule has 8 heteroatoms. The van der Waals surface area contributed by atoms with E-state index in [0.29, 0.717) is 0 Å². The van der Waals surface area contributed by atoms with Crippen LogP contribution in [0.25, 0.3) is 21.9 Å². The zero-order chi connectivity index (χ0) is 17.4. The van der Waals surface area contributed by atoms with Crippen molar-refractivity contribution in [2.24, 2.45) is 0 Å². The molecule has 0 aliphatic heterocycles. The van der Waals surface area contributed by atoms with Gasteiger partial charge in [-0.1, -0.05) is 0 Å². The molecule has 0 N–H and O–H groups in total. The van der Waals surface area contributed by atoms with E-state index in [9.17, 15) is 19.2 Å². The Morgan fingerprint density at radius 1 is 0.792 bits per heavy atom. The van der Waals surface area contributed by atoms with E-state index in [2.05, 4.69) is 9.47 Å². The van der Waals surface area contributed by atoms with Crippen LogP contribution in [-0.4, -0.2) is 26.2 Å². The van der Waals surface area contributed by atoms with Gasteiger partial charge >= 0.3 is 23.2 Å². The predicted molar refractivity (Wildman–Crippen MR) is 81.2 cm³/mol. The van der Waals surface area contributed by atoms with Crippen LogP contribution in [0.15, 0.2) is 42.7 Å². The number of hydrogen-bond donors (Lipinski definition) is 0. The molecule has 8 nitrogen and oxygen atoms in total. The van der Waals surface area contributed by atoms with Gasteiger partial charge in [-0.05, 0) is 12.1 Å². The molecule has 0 saturated carbocycles. The van der Waals surface area contributed by atoms with Crippen LogP contribution >= 0.6 is 0 Å². The van der Waals surface area contributed by atoms with Gasteiger partial charge in [0.2, 0.25) is 0 Å². The molecular weight excluding hydrogens is 320 g/mol. The van der Waals surface area contributed by atoms with E-state index in [0.717, 1.165) is 12.1 Å². The van der Waals surface area contributed by atoms with Crippen molar-refractivity contribution in [2.45, 2.75) is 0 Å². The average molecular weight is 330 g/mol. The van der Waals surface area contributed by atoms with Crippen molar-refractivity contribution in [3.63, 3.8) is 0 Å². The summed E-state index contributed by atoms with van der Waals surface area (Å²) >= 11 is 0. The molecule has 0 aliphatic rings. The average Bonchev–Trinajstić information content (AvgIpc) is 2.58. The standard InChI is InChI=1S/C16H10O8/c1-21-15(19)9-5-11(17)23-13-7(9)3-4-8-10(16(20)22-2)6-12(18)24-14(8)13/h3-6H,1-2H3. The van der Waals surface area contributed by atoms with Crippen molar-refractivity contribution in [3.05, 3.63) is 56.2 Å². The van der Waals surface area contributed by atoms with Crippen LogP contribution in [0.2, 0.25) is 0 Å². The predicted octanol–water partition coefficient (Wildman–Crippen LogP) is 1.47. The molecule has 3 rings (SSSR count). The summed E-state index contributed by atoms with van der Waals surface area (Å²) in [5, 5.41) is 0.415. The van der Waals surface area contributed by atoms with Gasteiger partial charge in [0.25, 0.3) is 0 Å². The summed E-state index contributed by atoms with van der Waals surface area (Å²) in [6, 6.07) is 4.86. The van der Waals surface area contributed by atoms with Gasteiger partial charge < -0.3 is 18.3 Å². The maximum absolute atomic E-state index is 11.8. The Bertz CT molecular complexity index is 1010. The Hall–Kier alpha value is -3.42. The Morgan fingerprint density at radius 2 is 1.17 bits per heavy atom. The van der Waals surface area contributed by atoms with Gasteiger partial charge in [0.05, 0.1) is 25.3 Å². The number of fused-ring (bicyclic) bond motifs is 3. The first-order chi connectivity index (χ1) is 11.5. The highest BCUT2D eigenvalue weighted by Crippen LogP contribution is 2.28. The summed E-state index contributed by atoms with van der Waals surface area (Å²) in [6.07, 6.45) is 0. The minimum Gasteiger partial charge on any atom is -0.465 e. The number of ether oxygens (including phenoxy) is 2. The lowest BCUT2D eigenvalue weighted by Crippen LogP contribution is -2.10. The highest BCUT2D eigenvalue weighted by Gasteiger charge is 2.20. The fraction of sp³-hybridized carbons (Fsp3) is 0.125. The molecule has 24 heavy (non-hydrogen) atoms. The maximum Gasteiger partial charge on any atom is 0.338 e. The molecule has 2 aromatic heterocycles. The normalized spacial score (nSPS) is 10.8. The summed E-state index contributed by atoms with van der Waals surface area (Å²) in [4.78, 5) is 47.2. The third-order valence-corrected chi connectivity index (χ3v) is 3.43. The van der Waals surface area contributed by atoms with Crippen LogP contribution in [0.4, 0.5) is 0 Å². The molecule has 0 bridgehead atoms. The summed E-state index contributed by atoms with van der Waals surface area (Å²) in [5.74, 6) is -1.50. The number of carbonyl (C=O) groups is 2. The van der Waals surface area contributed by atoms with Crippen molar-refractivity contribution in [2.75, 3.05) is 14.2 Å². The van der Waals surface area contributed by atoms with Crippen LogP contribution < -0.4 is 11.3 Å². The summed E-state index contributed by atoms with van der Waals surface area (Å²) in [6.45, 7) is 0. The van der Waals surface area contributed by atoms with E-state index in [1.54, 1.807) is 0 Å². The molecule has 122 valence electrons. The van der Waals surface area contributed by atoms with Gasteiger partial charge in [0.1, 0.15) is 0 Å². The number of rotatable bonds is 2. The second-order valence-electron chi connectivity index (χ2n) is 4.76. The fourth-order valence-corrected chi connectivity index (χ4v) is 2.40. The van der Waals surface area contributed by atoms with Gasteiger partial charge in [-0.3, -0.25) is 0 Å². The Kier molecular flexibility index (Phi) is 3.64. The zero-order valence-corrected chi connectivity index (χ0v) is 12.6. The van der Waals surface area contributed by atoms with Crippen LogP contribution in [0.3, 0.4) is 0 Å². The van der Waals surface area contributed by atoms with Crippen molar-refractivity contribution >= 4 is 33.9 Å². The molecule has 0 fully saturated rings. The lowest BCUT2D eigenvalue weighted by atomic mass is 10.0. The lowest BCUT2D eigenvalue weighted by Gasteiger charge is -2.07. The first-order valence-corrected chi connectivity index (χ1v) is 6.67. The number of methoxy groups -OCH3 is 2. The Morgan fingerprint density at radius 3 is 1.50 bits per heavy atom. The minimum atomic E-state index is -0.832. The van der Waals surface area contributed by atoms with Gasteiger partial charge in [-0.25, -0.2) is 19.2 Å². The number of hydrogen-bond acceptors (Lipinski definition) is 8. The molecule has 0 atom stereocenters. The van der Waals surface area contributed by atoms with Gasteiger partial charge in [0, 0.05) is 22.9 Å². The second-order valence-corrected chi connectivity index (χ2v) is 4.76. The summed E-state index contributed by atoms with van der Waals surface area (Å²) in [5.41, 5.74) is -2.02. The SMILES string of the molecule is COC(=O)c1cc(=O)oc2c1ccc1c(C(=O)OC)cc(=O)oc12. The van der Waals surface area contributed by atoms with E-state index in [1.807, 2.05) is 0 Å². The summed E-state index contributed by atoms with van der Waals surface area (Å²) in [7, 11) is 2.33. The molecule has 3 aromatic rings. The van der Waals surface area contributed by atoms with Gasteiger partial charge in [-0.15, -0.1) is 0 Å². The quantitative estimate of drug-likeness (QED) is 0.394. The van der Waals surface area contributed by atoms with Crippen LogP contribution in [0.5, 0.6) is 0 Å². The number of esters is 2. The first kappa shape index (κ1) is 15.5. The zero-order valence-electron chi connectivity index (χ0n) is 12.6. The van der Waals surface area contributed by atoms with E-state index < -0.39 is 23.2 Å². The molecule has 1 aromatic carbocycles. The molecular formula is C16H10O8.